The Hall–Kier alpha value is -0.660. The third-order valence-corrected chi connectivity index (χ3v) is 2.41. The Kier molecular flexibility index (Phi) is 5.34. The highest BCUT2D eigenvalue weighted by atomic mass is 35.5. The highest BCUT2D eigenvalue weighted by Gasteiger charge is 2.62. The summed E-state index contributed by atoms with van der Waals surface area (Å²) in [6, 6.07) is -0.624. The zero-order valence-corrected chi connectivity index (χ0v) is 10.0. The minimum Gasteiger partial charge on any atom is -0.319 e. The molecular weight excluding hydrogens is 307 g/mol. The first kappa shape index (κ1) is 17.3. The standard InChI is InChI=1S/C9H6ClF6N.ClH/c10-6-2-1-4(11)3-5(6)7(17)8(12,13)9(14,15)16;/h1-3,7H,17H2;1H/t7-;/m0./s1. The van der Waals surface area contributed by atoms with Gasteiger partial charge >= 0.3 is 12.1 Å². The van der Waals surface area contributed by atoms with Gasteiger partial charge in [0.15, 0.2) is 0 Å². The summed E-state index contributed by atoms with van der Waals surface area (Å²) in [6.07, 6.45) is -5.83. The second-order valence-corrected chi connectivity index (χ2v) is 3.67. The van der Waals surface area contributed by atoms with E-state index in [1.54, 1.807) is 0 Å². The summed E-state index contributed by atoms with van der Waals surface area (Å²) in [4.78, 5) is 0. The van der Waals surface area contributed by atoms with E-state index in [2.05, 4.69) is 0 Å². The molecule has 1 rings (SSSR count). The Bertz CT molecular complexity index is 420. The number of rotatable bonds is 2. The van der Waals surface area contributed by atoms with Gasteiger partial charge < -0.3 is 5.73 Å². The van der Waals surface area contributed by atoms with E-state index < -0.39 is 34.5 Å². The molecule has 104 valence electrons. The highest BCUT2D eigenvalue weighted by molar-refractivity contribution is 6.31. The fourth-order valence-corrected chi connectivity index (χ4v) is 1.36. The van der Waals surface area contributed by atoms with Crippen molar-refractivity contribution in [2.24, 2.45) is 5.73 Å². The average Bonchev–Trinajstić information content (AvgIpc) is 2.19. The van der Waals surface area contributed by atoms with E-state index in [-0.39, 0.29) is 12.4 Å². The van der Waals surface area contributed by atoms with E-state index in [0.717, 1.165) is 12.1 Å². The SMILES string of the molecule is Cl.N[C@@H](c1cc(F)ccc1Cl)C(F)(F)C(F)(F)F. The zero-order chi connectivity index (χ0) is 13.4. The lowest BCUT2D eigenvalue weighted by molar-refractivity contribution is -0.291. The summed E-state index contributed by atoms with van der Waals surface area (Å²) < 4.78 is 74.6. The molecule has 9 heteroatoms. The van der Waals surface area contributed by atoms with Crippen molar-refractivity contribution >= 4 is 24.0 Å². The lowest BCUT2D eigenvalue weighted by Crippen LogP contribution is -2.46. The van der Waals surface area contributed by atoms with Crippen molar-refractivity contribution in [3.63, 3.8) is 0 Å². The van der Waals surface area contributed by atoms with Crippen LogP contribution in [0.25, 0.3) is 0 Å². The van der Waals surface area contributed by atoms with Gasteiger partial charge in [-0.1, -0.05) is 11.6 Å². The van der Waals surface area contributed by atoms with Gasteiger partial charge in [-0.2, -0.15) is 22.0 Å². The quantitative estimate of drug-likeness (QED) is 0.817. The van der Waals surface area contributed by atoms with Crippen LogP contribution in [0.4, 0.5) is 26.3 Å². The first-order valence-corrected chi connectivity index (χ1v) is 4.60. The molecule has 0 bridgehead atoms. The topological polar surface area (TPSA) is 26.0 Å². The van der Waals surface area contributed by atoms with E-state index >= 15 is 0 Å². The van der Waals surface area contributed by atoms with Crippen molar-refractivity contribution in [2.75, 3.05) is 0 Å². The van der Waals surface area contributed by atoms with Crippen LogP contribution in [0.1, 0.15) is 11.6 Å². The molecule has 0 fully saturated rings. The third kappa shape index (κ3) is 3.21. The summed E-state index contributed by atoms with van der Waals surface area (Å²) >= 11 is 5.40. The zero-order valence-electron chi connectivity index (χ0n) is 8.44. The molecule has 1 aromatic carbocycles. The predicted octanol–water partition coefficient (Wildman–Crippen LogP) is 4.10. The molecule has 0 aliphatic rings. The summed E-state index contributed by atoms with van der Waals surface area (Å²) in [5.41, 5.74) is 4.01. The maximum atomic E-state index is 12.9. The van der Waals surface area contributed by atoms with Crippen LogP contribution in [-0.4, -0.2) is 12.1 Å². The van der Waals surface area contributed by atoms with Crippen LogP contribution in [0.5, 0.6) is 0 Å². The van der Waals surface area contributed by atoms with Crippen LogP contribution in [0.2, 0.25) is 5.02 Å². The summed E-state index contributed by atoms with van der Waals surface area (Å²) in [6.45, 7) is 0. The van der Waals surface area contributed by atoms with Gasteiger partial charge in [-0.05, 0) is 23.8 Å². The van der Waals surface area contributed by atoms with Crippen molar-refractivity contribution in [2.45, 2.75) is 18.1 Å². The first-order chi connectivity index (χ1) is 7.57. The molecule has 0 heterocycles. The first-order valence-electron chi connectivity index (χ1n) is 4.22. The fourth-order valence-electron chi connectivity index (χ4n) is 1.12. The van der Waals surface area contributed by atoms with E-state index in [9.17, 15) is 26.3 Å². The minimum atomic E-state index is -5.83. The Morgan fingerprint density at radius 1 is 1.11 bits per heavy atom. The van der Waals surface area contributed by atoms with Crippen LogP contribution in [0.3, 0.4) is 0 Å². The molecule has 0 spiro atoms. The molecule has 18 heavy (non-hydrogen) atoms. The van der Waals surface area contributed by atoms with Gasteiger partial charge in [0, 0.05) is 5.02 Å². The molecule has 0 aliphatic heterocycles. The fraction of sp³-hybridized carbons (Fsp3) is 0.333. The van der Waals surface area contributed by atoms with Gasteiger partial charge in [0.05, 0.1) is 0 Å². The second-order valence-electron chi connectivity index (χ2n) is 3.26. The molecule has 0 amide bonds. The van der Waals surface area contributed by atoms with E-state index in [0.29, 0.717) is 6.07 Å². The number of benzene rings is 1. The largest absolute Gasteiger partial charge is 0.455 e. The number of alkyl halides is 5. The summed E-state index contributed by atoms with van der Waals surface area (Å²) in [5, 5.41) is -0.456. The van der Waals surface area contributed by atoms with Crippen LogP contribution >= 0.6 is 24.0 Å². The third-order valence-electron chi connectivity index (χ3n) is 2.06. The van der Waals surface area contributed by atoms with Crippen molar-refractivity contribution in [1.29, 1.82) is 0 Å². The number of hydrogen-bond acceptors (Lipinski definition) is 1. The van der Waals surface area contributed by atoms with Crippen molar-refractivity contribution in [1.82, 2.24) is 0 Å². The maximum absolute atomic E-state index is 12.9. The predicted molar refractivity (Wildman–Crippen MR) is 56.6 cm³/mol. The van der Waals surface area contributed by atoms with Gasteiger partial charge in [0.1, 0.15) is 11.9 Å². The molecular formula is C9H7Cl2F6N. The van der Waals surface area contributed by atoms with Crippen LogP contribution in [0, 0.1) is 5.82 Å². The van der Waals surface area contributed by atoms with Crippen molar-refractivity contribution < 1.29 is 26.3 Å². The normalized spacial score (nSPS) is 14.0. The highest BCUT2D eigenvalue weighted by Crippen LogP contribution is 2.44. The second kappa shape index (κ2) is 5.54. The Labute approximate surface area is 109 Å². The molecule has 1 aromatic rings. The molecule has 0 saturated heterocycles. The molecule has 2 N–H and O–H groups in total. The molecule has 1 atom stereocenters. The van der Waals surface area contributed by atoms with Crippen molar-refractivity contribution in [3.05, 3.63) is 34.6 Å². The average molecular weight is 314 g/mol. The summed E-state index contributed by atoms with van der Waals surface area (Å²) in [7, 11) is 0. The molecule has 0 aromatic heterocycles. The van der Waals surface area contributed by atoms with Gasteiger partial charge in [-0.15, -0.1) is 12.4 Å². The minimum absolute atomic E-state index is 0. The number of hydrogen-bond donors (Lipinski definition) is 1. The maximum Gasteiger partial charge on any atom is 0.455 e. The smallest absolute Gasteiger partial charge is 0.319 e. The monoisotopic (exact) mass is 313 g/mol. The number of nitrogens with two attached hydrogens (primary N) is 1. The summed E-state index contributed by atoms with van der Waals surface area (Å²) in [5.74, 6) is -6.19. The van der Waals surface area contributed by atoms with Crippen molar-refractivity contribution in [3.8, 4) is 0 Å². The molecule has 0 aliphatic carbocycles. The Morgan fingerprint density at radius 3 is 2.06 bits per heavy atom. The van der Waals surface area contributed by atoms with Crippen LogP contribution in [-0.2, 0) is 0 Å². The lowest BCUT2D eigenvalue weighted by atomic mass is 10.0. The van der Waals surface area contributed by atoms with E-state index in [1.165, 1.54) is 0 Å². The van der Waals surface area contributed by atoms with Gasteiger partial charge in [0.25, 0.3) is 0 Å². The molecule has 1 nitrogen and oxygen atoms in total. The van der Waals surface area contributed by atoms with E-state index in [1.807, 2.05) is 0 Å². The number of halogens is 8. The Balaban J connectivity index is 0.00000289. The molecule has 0 unspecified atom stereocenters. The van der Waals surface area contributed by atoms with Gasteiger partial charge in [-0.25, -0.2) is 4.39 Å². The lowest BCUT2D eigenvalue weighted by Gasteiger charge is -2.26. The van der Waals surface area contributed by atoms with Crippen LogP contribution < -0.4 is 5.73 Å². The Morgan fingerprint density at radius 2 is 1.61 bits per heavy atom. The molecule has 0 radical (unpaired) electrons. The van der Waals surface area contributed by atoms with E-state index in [4.69, 9.17) is 17.3 Å². The van der Waals surface area contributed by atoms with Gasteiger partial charge in [-0.3, -0.25) is 0 Å². The van der Waals surface area contributed by atoms with Crippen LogP contribution in [0.15, 0.2) is 18.2 Å². The molecule has 0 saturated carbocycles. The van der Waals surface area contributed by atoms with Gasteiger partial charge in [0.2, 0.25) is 0 Å².